The number of rotatable bonds is 4. The Morgan fingerprint density at radius 2 is 1.89 bits per heavy atom. The Balaban J connectivity index is 2.17. The van der Waals surface area contributed by atoms with Crippen molar-refractivity contribution < 1.29 is 13.3 Å². The predicted molar refractivity (Wildman–Crippen MR) is 99.8 cm³/mol. The number of nitriles is 1. The summed E-state index contributed by atoms with van der Waals surface area (Å²) >= 11 is 0. The number of non-ortho nitro benzene ring substituents is 1. The third kappa shape index (κ3) is 3.56. The second kappa shape index (κ2) is 6.66. The van der Waals surface area contributed by atoms with Gasteiger partial charge in [-0.15, -0.1) is 0 Å². The van der Waals surface area contributed by atoms with E-state index in [0.717, 1.165) is 0 Å². The van der Waals surface area contributed by atoms with Crippen LogP contribution in [0.5, 0.6) is 0 Å². The molecule has 0 amide bonds. The van der Waals surface area contributed by atoms with Gasteiger partial charge in [-0.25, -0.2) is 8.42 Å². The van der Waals surface area contributed by atoms with Gasteiger partial charge in [0, 0.05) is 23.2 Å². The molecular weight excluding hydrogens is 368 g/mol. The molecule has 0 aliphatic rings. The number of nitro groups is 1. The lowest BCUT2D eigenvalue weighted by atomic mass is 10.1. The normalized spacial score (nSPS) is 11.1. The van der Waals surface area contributed by atoms with Crippen molar-refractivity contribution in [2.24, 2.45) is 0 Å². The first-order valence-electron chi connectivity index (χ1n) is 7.80. The Kier molecular flexibility index (Phi) is 4.51. The van der Waals surface area contributed by atoms with Crippen molar-refractivity contribution in [3.63, 3.8) is 0 Å². The molecule has 0 spiro atoms. The molecule has 0 saturated heterocycles. The number of fused-ring (bicyclic) bond motifs is 1. The van der Waals surface area contributed by atoms with Crippen LogP contribution in [0.4, 0.5) is 11.4 Å². The van der Waals surface area contributed by atoms with E-state index < -0.39 is 14.9 Å². The topological polar surface area (TPSA) is 126 Å². The zero-order valence-corrected chi connectivity index (χ0v) is 15.2. The number of hydrogen-bond acceptors (Lipinski definition) is 6. The highest BCUT2D eigenvalue weighted by atomic mass is 32.2. The molecule has 0 unspecified atom stereocenters. The summed E-state index contributed by atoms with van der Waals surface area (Å²) in [5.41, 5.74) is 1.69. The van der Waals surface area contributed by atoms with Crippen LogP contribution in [-0.2, 0) is 10.0 Å². The maximum atomic E-state index is 12.9. The van der Waals surface area contributed by atoms with Gasteiger partial charge in [0.2, 0.25) is 0 Å². The third-order valence-electron chi connectivity index (χ3n) is 3.98. The second-order valence-electron chi connectivity index (χ2n) is 5.97. The molecule has 27 heavy (non-hydrogen) atoms. The summed E-state index contributed by atoms with van der Waals surface area (Å²) in [4.78, 5) is 14.8. The Morgan fingerprint density at radius 3 is 2.56 bits per heavy atom. The van der Waals surface area contributed by atoms with Gasteiger partial charge in [0.15, 0.2) is 0 Å². The average Bonchev–Trinajstić information content (AvgIpc) is 2.61. The van der Waals surface area contributed by atoms with Crippen molar-refractivity contribution in [2.45, 2.75) is 18.7 Å². The summed E-state index contributed by atoms with van der Waals surface area (Å²) in [6.07, 6.45) is 0. The SMILES string of the molecule is Cc1cc(NS(=O)(=O)c2cc(C#N)ccc2C)c2cc([N+](=O)[O-])ccc2n1. The molecule has 1 heterocycles. The molecule has 3 aromatic rings. The number of aryl methyl sites for hydroxylation is 2. The highest BCUT2D eigenvalue weighted by molar-refractivity contribution is 7.92. The smallest absolute Gasteiger partial charge is 0.270 e. The number of nitrogens with zero attached hydrogens (tertiary/aromatic N) is 3. The molecule has 0 atom stereocenters. The zero-order valence-electron chi connectivity index (χ0n) is 14.4. The summed E-state index contributed by atoms with van der Waals surface area (Å²) in [5, 5.41) is 20.4. The van der Waals surface area contributed by atoms with Crippen molar-refractivity contribution in [2.75, 3.05) is 4.72 Å². The first kappa shape index (κ1) is 18.3. The number of benzene rings is 2. The molecule has 8 nitrogen and oxygen atoms in total. The van der Waals surface area contributed by atoms with E-state index in [2.05, 4.69) is 9.71 Å². The molecule has 0 aliphatic heterocycles. The molecule has 0 bridgehead atoms. The predicted octanol–water partition coefficient (Wildman–Crippen LogP) is 3.43. The maximum Gasteiger partial charge on any atom is 0.270 e. The Hall–Kier alpha value is -3.51. The van der Waals surface area contributed by atoms with E-state index in [1.54, 1.807) is 19.9 Å². The van der Waals surface area contributed by atoms with E-state index in [1.807, 2.05) is 6.07 Å². The van der Waals surface area contributed by atoms with Gasteiger partial charge in [-0.3, -0.25) is 19.8 Å². The average molecular weight is 382 g/mol. The van der Waals surface area contributed by atoms with Crippen molar-refractivity contribution in [1.82, 2.24) is 4.98 Å². The summed E-state index contributed by atoms with van der Waals surface area (Å²) in [6.45, 7) is 3.32. The van der Waals surface area contributed by atoms with E-state index in [0.29, 0.717) is 22.2 Å². The van der Waals surface area contributed by atoms with Gasteiger partial charge >= 0.3 is 0 Å². The second-order valence-corrected chi connectivity index (χ2v) is 7.62. The fraction of sp³-hybridized carbons (Fsp3) is 0.111. The van der Waals surface area contributed by atoms with E-state index in [4.69, 9.17) is 5.26 Å². The molecular formula is C18H14N4O4S. The molecule has 3 rings (SSSR count). The van der Waals surface area contributed by atoms with Crippen LogP contribution in [-0.4, -0.2) is 18.3 Å². The molecule has 0 fully saturated rings. The summed E-state index contributed by atoms with van der Waals surface area (Å²) < 4.78 is 28.3. The van der Waals surface area contributed by atoms with Crippen molar-refractivity contribution in [3.05, 3.63) is 69.4 Å². The van der Waals surface area contributed by atoms with E-state index in [9.17, 15) is 18.5 Å². The van der Waals surface area contributed by atoms with Gasteiger partial charge in [0.05, 0.1) is 32.7 Å². The fourth-order valence-corrected chi connectivity index (χ4v) is 4.05. The summed E-state index contributed by atoms with van der Waals surface area (Å²) in [7, 11) is -4.02. The molecule has 0 aliphatic carbocycles. The first-order valence-corrected chi connectivity index (χ1v) is 9.29. The van der Waals surface area contributed by atoms with Crippen LogP contribution in [0.2, 0.25) is 0 Å². The molecule has 9 heteroatoms. The quantitative estimate of drug-likeness (QED) is 0.544. The van der Waals surface area contributed by atoms with Gasteiger partial charge in [-0.2, -0.15) is 5.26 Å². The van der Waals surface area contributed by atoms with Gasteiger partial charge < -0.3 is 0 Å². The minimum atomic E-state index is -4.02. The first-order chi connectivity index (χ1) is 12.7. The molecule has 1 aromatic heterocycles. The van der Waals surface area contributed by atoms with Crippen LogP contribution in [0, 0.1) is 35.3 Å². The van der Waals surface area contributed by atoms with Crippen LogP contribution in [0.3, 0.4) is 0 Å². The Labute approximate surface area is 155 Å². The Bertz CT molecular complexity index is 1230. The minimum absolute atomic E-state index is 0.0328. The monoisotopic (exact) mass is 382 g/mol. The van der Waals surface area contributed by atoms with Gasteiger partial charge in [-0.05, 0) is 43.7 Å². The maximum absolute atomic E-state index is 12.9. The van der Waals surface area contributed by atoms with Crippen LogP contribution in [0.1, 0.15) is 16.8 Å². The number of nitrogens with one attached hydrogen (secondary N) is 1. The number of nitro benzene ring substituents is 1. The molecule has 136 valence electrons. The zero-order chi connectivity index (χ0) is 19.8. The van der Waals surface area contributed by atoms with Crippen molar-refractivity contribution >= 4 is 32.3 Å². The van der Waals surface area contributed by atoms with E-state index >= 15 is 0 Å². The molecule has 2 aromatic carbocycles. The van der Waals surface area contributed by atoms with Crippen molar-refractivity contribution in [3.8, 4) is 6.07 Å². The highest BCUT2D eigenvalue weighted by Gasteiger charge is 2.20. The third-order valence-corrected chi connectivity index (χ3v) is 5.49. The molecule has 0 radical (unpaired) electrons. The Morgan fingerprint density at radius 1 is 1.15 bits per heavy atom. The van der Waals surface area contributed by atoms with E-state index in [1.165, 1.54) is 36.4 Å². The number of pyridine rings is 1. The fourth-order valence-electron chi connectivity index (χ4n) is 2.70. The van der Waals surface area contributed by atoms with Crippen molar-refractivity contribution in [1.29, 1.82) is 5.26 Å². The lowest BCUT2D eigenvalue weighted by molar-refractivity contribution is -0.384. The lowest BCUT2D eigenvalue weighted by Gasteiger charge is -2.13. The van der Waals surface area contributed by atoms with E-state index in [-0.39, 0.29) is 21.8 Å². The lowest BCUT2D eigenvalue weighted by Crippen LogP contribution is -2.15. The number of hydrogen-bond donors (Lipinski definition) is 1. The van der Waals surface area contributed by atoms with Crippen LogP contribution < -0.4 is 4.72 Å². The number of sulfonamides is 1. The molecule has 0 saturated carbocycles. The van der Waals surface area contributed by atoms with Gasteiger partial charge in [-0.1, -0.05) is 6.07 Å². The molecule has 1 N–H and O–H groups in total. The summed E-state index contributed by atoms with van der Waals surface area (Å²) in [5.74, 6) is 0. The number of anilines is 1. The van der Waals surface area contributed by atoms with Crippen LogP contribution in [0.15, 0.2) is 47.4 Å². The standard InChI is InChI=1S/C18H14N4O4S/c1-11-3-4-13(10-19)8-18(11)27(25,26)21-17-7-12(2)20-16-6-5-14(22(23)24)9-15(16)17/h3-9H,1-2H3,(H,20,21). The summed E-state index contributed by atoms with van der Waals surface area (Å²) in [6, 6.07) is 11.8. The number of aromatic nitrogens is 1. The van der Waals surface area contributed by atoms with Gasteiger partial charge in [0.1, 0.15) is 0 Å². The largest absolute Gasteiger partial charge is 0.279 e. The minimum Gasteiger partial charge on any atom is -0.279 e. The van der Waals surface area contributed by atoms with Crippen LogP contribution >= 0.6 is 0 Å². The van der Waals surface area contributed by atoms with Crippen LogP contribution in [0.25, 0.3) is 10.9 Å². The highest BCUT2D eigenvalue weighted by Crippen LogP contribution is 2.29. The van der Waals surface area contributed by atoms with Gasteiger partial charge in [0.25, 0.3) is 15.7 Å².